The van der Waals surface area contributed by atoms with Gasteiger partial charge in [-0.3, -0.25) is 0 Å². The minimum absolute atomic E-state index is 0.0901. The summed E-state index contributed by atoms with van der Waals surface area (Å²) in [6, 6.07) is 20.7. The second-order valence-electron chi connectivity index (χ2n) is 5.42. The average molecular weight is 368 g/mol. The van der Waals surface area contributed by atoms with E-state index in [4.69, 9.17) is 0 Å². The topological polar surface area (TPSA) is 20.3 Å². The van der Waals surface area contributed by atoms with Crippen molar-refractivity contribution in [1.82, 2.24) is 4.90 Å². The fraction of sp³-hybridized carbons (Fsp3) is 0.150. The summed E-state index contributed by atoms with van der Waals surface area (Å²) in [6.45, 7) is 1.35. The molecule has 0 spiro atoms. The summed E-state index contributed by atoms with van der Waals surface area (Å²) in [4.78, 5) is 14.1. The van der Waals surface area contributed by atoms with Crippen LogP contribution in [0.1, 0.15) is 5.56 Å². The van der Waals surface area contributed by atoms with Gasteiger partial charge in [-0.25, -0.2) is 0 Å². The maximum atomic E-state index is 12.2. The number of carbonyl (C=O) groups excluding carboxylic acids is 1. The molecule has 23 heavy (non-hydrogen) atoms. The van der Waals surface area contributed by atoms with Gasteiger partial charge in [-0.2, -0.15) is 0 Å². The number of carbonyl (C=O) groups is 1. The zero-order valence-electron chi connectivity index (χ0n) is 12.9. The first kappa shape index (κ1) is 15.8. The number of allylic oxidation sites excluding steroid dienone is 2. The molecule has 1 aliphatic heterocycles. The molecule has 3 heteroatoms. The van der Waals surface area contributed by atoms with Gasteiger partial charge in [0.05, 0.1) is 0 Å². The molecule has 1 amide bonds. The van der Waals surface area contributed by atoms with Crippen molar-refractivity contribution in [2.45, 2.75) is 11.9 Å². The predicted molar refractivity (Wildman–Crippen MR) is 95.7 cm³/mol. The Kier molecular flexibility index (Phi) is 5.46. The first-order chi connectivity index (χ1) is 11.3. The van der Waals surface area contributed by atoms with Gasteiger partial charge in [0.2, 0.25) is 0 Å². The van der Waals surface area contributed by atoms with Crippen molar-refractivity contribution in [1.29, 1.82) is 0 Å². The molecule has 0 radical (unpaired) electrons. The molecule has 1 aliphatic rings. The Labute approximate surface area is 143 Å². The standard InChI is InChI=1S/C20H19NOSe/c22-20-12-11-18(16-23-19-9-5-2-6-10-19)13-14-21(20)15-17-7-3-1-4-8-17/h1-13H,14-16H2. The molecule has 0 saturated heterocycles. The summed E-state index contributed by atoms with van der Waals surface area (Å²) >= 11 is 0.412. The molecule has 0 aromatic heterocycles. The van der Waals surface area contributed by atoms with Crippen LogP contribution in [0.2, 0.25) is 5.32 Å². The number of hydrogen-bond donors (Lipinski definition) is 0. The van der Waals surface area contributed by atoms with Crippen LogP contribution >= 0.6 is 0 Å². The van der Waals surface area contributed by atoms with Crippen molar-refractivity contribution in [3.05, 3.63) is 90.0 Å². The maximum absolute atomic E-state index is 12.2. The zero-order valence-corrected chi connectivity index (χ0v) is 14.6. The summed E-state index contributed by atoms with van der Waals surface area (Å²) in [5, 5.41) is 1.03. The molecular formula is C20H19NOSe. The van der Waals surface area contributed by atoms with E-state index in [1.807, 2.05) is 35.2 Å². The molecule has 0 fully saturated rings. The van der Waals surface area contributed by atoms with Crippen LogP contribution in [0, 0.1) is 0 Å². The molecule has 2 nitrogen and oxygen atoms in total. The van der Waals surface area contributed by atoms with Crippen LogP contribution in [-0.4, -0.2) is 32.3 Å². The molecule has 0 aliphatic carbocycles. The van der Waals surface area contributed by atoms with Gasteiger partial charge in [-0.15, -0.1) is 0 Å². The van der Waals surface area contributed by atoms with Gasteiger partial charge in [0, 0.05) is 0 Å². The van der Waals surface area contributed by atoms with Crippen LogP contribution < -0.4 is 4.46 Å². The number of amides is 1. The fourth-order valence-electron chi connectivity index (χ4n) is 2.41. The van der Waals surface area contributed by atoms with E-state index in [0.29, 0.717) is 28.0 Å². The van der Waals surface area contributed by atoms with Crippen molar-refractivity contribution < 1.29 is 4.79 Å². The SMILES string of the molecule is O=C1C=CC(C[Se]c2ccccc2)=CCN1Cc1ccccc1. The van der Waals surface area contributed by atoms with Crippen molar-refractivity contribution in [3.8, 4) is 0 Å². The number of nitrogens with zero attached hydrogens (tertiary/aromatic N) is 1. The van der Waals surface area contributed by atoms with Crippen LogP contribution in [-0.2, 0) is 11.3 Å². The van der Waals surface area contributed by atoms with Crippen LogP contribution in [0.15, 0.2) is 84.5 Å². The first-order valence-electron chi connectivity index (χ1n) is 7.69. The third-order valence-corrected chi connectivity index (χ3v) is 5.96. The van der Waals surface area contributed by atoms with E-state index < -0.39 is 0 Å². The quantitative estimate of drug-likeness (QED) is 0.743. The zero-order chi connectivity index (χ0) is 15.9. The predicted octanol–water partition coefficient (Wildman–Crippen LogP) is 2.96. The second kappa shape index (κ2) is 7.96. The Morgan fingerprint density at radius 2 is 1.61 bits per heavy atom. The molecule has 1 heterocycles. The summed E-state index contributed by atoms with van der Waals surface area (Å²) in [5.41, 5.74) is 2.43. The number of rotatable bonds is 5. The molecule has 0 atom stereocenters. The second-order valence-corrected chi connectivity index (χ2v) is 7.62. The van der Waals surface area contributed by atoms with Crippen LogP contribution in [0.3, 0.4) is 0 Å². The van der Waals surface area contributed by atoms with Crippen LogP contribution in [0.25, 0.3) is 0 Å². The van der Waals surface area contributed by atoms with Gasteiger partial charge in [-0.05, 0) is 0 Å². The normalized spacial score (nSPS) is 14.5. The minimum atomic E-state index is 0.0901. The van der Waals surface area contributed by atoms with Gasteiger partial charge in [-0.1, -0.05) is 0 Å². The molecule has 116 valence electrons. The monoisotopic (exact) mass is 369 g/mol. The Morgan fingerprint density at radius 1 is 0.913 bits per heavy atom. The molecule has 0 saturated carbocycles. The van der Waals surface area contributed by atoms with Crippen LogP contribution in [0.4, 0.5) is 0 Å². The van der Waals surface area contributed by atoms with E-state index in [1.54, 1.807) is 6.08 Å². The van der Waals surface area contributed by atoms with E-state index >= 15 is 0 Å². The average Bonchev–Trinajstić information content (AvgIpc) is 2.77. The van der Waals surface area contributed by atoms with E-state index in [2.05, 4.69) is 42.5 Å². The molecule has 2 aromatic rings. The Hall–Kier alpha value is -2.09. The van der Waals surface area contributed by atoms with Gasteiger partial charge in [0.1, 0.15) is 0 Å². The van der Waals surface area contributed by atoms with Gasteiger partial charge in [0.25, 0.3) is 0 Å². The number of benzene rings is 2. The molecule has 0 bridgehead atoms. The summed E-state index contributed by atoms with van der Waals surface area (Å²) in [5.74, 6) is 0.0901. The molecular weight excluding hydrogens is 349 g/mol. The van der Waals surface area contributed by atoms with Gasteiger partial charge >= 0.3 is 143 Å². The van der Waals surface area contributed by atoms with Gasteiger partial charge < -0.3 is 0 Å². The Morgan fingerprint density at radius 3 is 2.35 bits per heavy atom. The van der Waals surface area contributed by atoms with Crippen molar-refractivity contribution in [3.63, 3.8) is 0 Å². The summed E-state index contributed by atoms with van der Waals surface area (Å²) < 4.78 is 1.39. The molecule has 0 N–H and O–H groups in total. The fourth-order valence-corrected chi connectivity index (χ4v) is 4.29. The number of hydrogen-bond acceptors (Lipinski definition) is 1. The van der Waals surface area contributed by atoms with E-state index in [9.17, 15) is 4.79 Å². The van der Waals surface area contributed by atoms with Crippen molar-refractivity contribution >= 4 is 25.3 Å². The van der Waals surface area contributed by atoms with Gasteiger partial charge in [0.15, 0.2) is 0 Å². The van der Waals surface area contributed by atoms with Crippen molar-refractivity contribution in [2.75, 3.05) is 6.54 Å². The van der Waals surface area contributed by atoms with Crippen molar-refractivity contribution in [2.24, 2.45) is 0 Å². The van der Waals surface area contributed by atoms with Crippen LogP contribution in [0.5, 0.6) is 0 Å². The van der Waals surface area contributed by atoms with E-state index in [0.717, 1.165) is 5.32 Å². The van der Waals surface area contributed by atoms with E-state index in [-0.39, 0.29) is 5.91 Å². The Balaban J connectivity index is 1.61. The molecule has 3 rings (SSSR count). The molecule has 2 aromatic carbocycles. The Bertz CT molecular complexity index is 707. The van der Waals surface area contributed by atoms with E-state index in [1.165, 1.54) is 15.6 Å². The molecule has 0 unspecified atom stereocenters. The third kappa shape index (κ3) is 4.69. The third-order valence-electron chi connectivity index (χ3n) is 3.69. The summed E-state index contributed by atoms with van der Waals surface area (Å²) in [7, 11) is 0. The summed E-state index contributed by atoms with van der Waals surface area (Å²) in [6.07, 6.45) is 5.88. The first-order valence-corrected chi connectivity index (χ1v) is 9.76.